The van der Waals surface area contributed by atoms with Crippen molar-refractivity contribution in [2.75, 3.05) is 13.7 Å². The number of hydrogen-bond donors (Lipinski definition) is 0. The third kappa shape index (κ3) is 2.25. The number of aryl methyl sites for hydroxylation is 1. The Balaban J connectivity index is 2.20. The molecule has 4 nitrogen and oxygen atoms in total. The lowest BCUT2D eigenvalue weighted by Crippen LogP contribution is -2.05. The third-order valence-corrected chi connectivity index (χ3v) is 3.65. The largest absolute Gasteiger partial charge is 0.385 e. The molecule has 0 aliphatic rings. The van der Waals surface area contributed by atoms with Gasteiger partial charge in [-0.1, -0.05) is 18.2 Å². The van der Waals surface area contributed by atoms with Crippen LogP contribution in [0.5, 0.6) is 0 Å². The second-order valence-electron chi connectivity index (χ2n) is 4.67. The molecule has 0 saturated heterocycles. The second kappa shape index (κ2) is 5.77. The van der Waals surface area contributed by atoms with Crippen molar-refractivity contribution < 1.29 is 4.74 Å². The van der Waals surface area contributed by atoms with Crippen LogP contribution in [0.25, 0.3) is 21.9 Å². The number of para-hydroxylation sites is 1. The summed E-state index contributed by atoms with van der Waals surface area (Å²) in [5.41, 5.74) is 2.99. The first-order chi connectivity index (χ1) is 9.85. The normalized spacial score (nSPS) is 11.5. The summed E-state index contributed by atoms with van der Waals surface area (Å²) < 4.78 is 7.32. The van der Waals surface area contributed by atoms with Gasteiger partial charge in [0, 0.05) is 25.6 Å². The predicted octanol–water partition coefficient (Wildman–Crippen LogP) is 3.36. The van der Waals surface area contributed by atoms with E-state index in [1.807, 2.05) is 24.4 Å². The zero-order chi connectivity index (χ0) is 13.9. The van der Waals surface area contributed by atoms with Crippen molar-refractivity contribution in [1.29, 1.82) is 0 Å². The third-order valence-electron chi connectivity index (χ3n) is 3.41. The highest BCUT2D eigenvalue weighted by molar-refractivity contribution is 6.17. The quantitative estimate of drug-likeness (QED) is 0.534. The Morgan fingerprint density at radius 2 is 2.10 bits per heavy atom. The van der Waals surface area contributed by atoms with Gasteiger partial charge in [0.15, 0.2) is 0 Å². The smallest absolute Gasteiger partial charge is 0.124 e. The highest BCUT2D eigenvalue weighted by atomic mass is 35.5. The summed E-state index contributed by atoms with van der Waals surface area (Å²) in [6.45, 7) is 1.57. The predicted molar refractivity (Wildman–Crippen MR) is 81.1 cm³/mol. The molecule has 0 amide bonds. The summed E-state index contributed by atoms with van der Waals surface area (Å²) in [5, 5.41) is 1.12. The minimum absolute atomic E-state index is 0.399. The van der Waals surface area contributed by atoms with Crippen LogP contribution in [0.2, 0.25) is 0 Å². The van der Waals surface area contributed by atoms with E-state index in [0.717, 1.165) is 47.3 Å². The van der Waals surface area contributed by atoms with Crippen LogP contribution in [0.1, 0.15) is 12.2 Å². The SMILES string of the molecule is COCCCn1c(CCl)nc2cnc3ccccc3c21. The van der Waals surface area contributed by atoms with Gasteiger partial charge in [-0.25, -0.2) is 4.98 Å². The van der Waals surface area contributed by atoms with E-state index >= 15 is 0 Å². The molecule has 0 N–H and O–H groups in total. The van der Waals surface area contributed by atoms with Crippen molar-refractivity contribution in [3.8, 4) is 0 Å². The molecule has 104 valence electrons. The molecule has 2 aromatic heterocycles. The number of rotatable bonds is 5. The number of benzene rings is 1. The summed E-state index contributed by atoms with van der Waals surface area (Å²) in [4.78, 5) is 9.04. The Kier molecular flexibility index (Phi) is 3.85. The molecule has 0 spiro atoms. The molecule has 0 bridgehead atoms. The van der Waals surface area contributed by atoms with Crippen LogP contribution >= 0.6 is 11.6 Å². The summed E-state index contributed by atoms with van der Waals surface area (Å²) in [6, 6.07) is 8.12. The number of imidazole rings is 1. The molecule has 20 heavy (non-hydrogen) atoms. The first kappa shape index (κ1) is 13.3. The number of alkyl halides is 1. The average molecular weight is 290 g/mol. The highest BCUT2D eigenvalue weighted by Crippen LogP contribution is 2.25. The van der Waals surface area contributed by atoms with E-state index in [0.29, 0.717) is 5.88 Å². The van der Waals surface area contributed by atoms with Gasteiger partial charge in [-0.15, -0.1) is 11.6 Å². The Morgan fingerprint density at radius 1 is 1.25 bits per heavy atom. The fourth-order valence-electron chi connectivity index (χ4n) is 2.52. The fourth-order valence-corrected chi connectivity index (χ4v) is 2.72. The standard InChI is InChI=1S/C15H16ClN3O/c1-20-8-4-7-19-14(9-16)18-13-10-17-12-6-3-2-5-11(12)15(13)19/h2-3,5-6,10H,4,7-9H2,1H3. The number of ether oxygens (including phenoxy) is 1. The number of aromatic nitrogens is 3. The van der Waals surface area contributed by atoms with Crippen LogP contribution in [0.15, 0.2) is 30.5 Å². The number of fused-ring (bicyclic) bond motifs is 3. The summed E-state index contributed by atoms with van der Waals surface area (Å²) in [6.07, 6.45) is 2.75. The first-order valence-corrected chi connectivity index (χ1v) is 7.16. The fraction of sp³-hybridized carbons (Fsp3) is 0.333. The summed E-state index contributed by atoms with van der Waals surface area (Å²) >= 11 is 6.03. The van der Waals surface area contributed by atoms with Gasteiger partial charge in [0.2, 0.25) is 0 Å². The zero-order valence-corrected chi connectivity index (χ0v) is 12.1. The molecule has 0 radical (unpaired) electrons. The van der Waals surface area contributed by atoms with E-state index in [1.54, 1.807) is 7.11 Å². The van der Waals surface area contributed by atoms with Crippen LogP contribution in [-0.4, -0.2) is 28.3 Å². The molecule has 1 aromatic carbocycles. The van der Waals surface area contributed by atoms with Gasteiger partial charge in [-0.05, 0) is 12.5 Å². The Morgan fingerprint density at radius 3 is 2.90 bits per heavy atom. The average Bonchev–Trinajstić information content (AvgIpc) is 2.86. The van der Waals surface area contributed by atoms with Crippen molar-refractivity contribution in [3.63, 3.8) is 0 Å². The lowest BCUT2D eigenvalue weighted by molar-refractivity contribution is 0.190. The van der Waals surface area contributed by atoms with Crippen molar-refractivity contribution >= 4 is 33.5 Å². The topological polar surface area (TPSA) is 39.9 Å². The Hall–Kier alpha value is -1.65. The second-order valence-corrected chi connectivity index (χ2v) is 4.94. The number of pyridine rings is 1. The van der Waals surface area contributed by atoms with Crippen molar-refractivity contribution in [1.82, 2.24) is 14.5 Å². The number of halogens is 1. The molecule has 3 aromatic rings. The maximum atomic E-state index is 6.03. The van der Waals surface area contributed by atoms with Crippen LogP contribution in [-0.2, 0) is 17.2 Å². The van der Waals surface area contributed by atoms with Gasteiger partial charge in [0.05, 0.1) is 23.1 Å². The van der Waals surface area contributed by atoms with E-state index in [4.69, 9.17) is 16.3 Å². The molecule has 0 aliphatic heterocycles. The minimum atomic E-state index is 0.399. The summed E-state index contributed by atoms with van der Waals surface area (Å²) in [7, 11) is 1.72. The number of nitrogens with zero attached hydrogens (tertiary/aromatic N) is 3. The maximum Gasteiger partial charge on any atom is 0.124 e. The van der Waals surface area contributed by atoms with Gasteiger partial charge < -0.3 is 9.30 Å². The van der Waals surface area contributed by atoms with Crippen molar-refractivity contribution in [2.24, 2.45) is 0 Å². The van der Waals surface area contributed by atoms with Crippen LogP contribution < -0.4 is 0 Å². The van der Waals surface area contributed by atoms with Crippen LogP contribution in [0, 0.1) is 0 Å². The van der Waals surface area contributed by atoms with E-state index in [2.05, 4.69) is 20.6 Å². The zero-order valence-electron chi connectivity index (χ0n) is 11.3. The van der Waals surface area contributed by atoms with Crippen molar-refractivity contribution in [2.45, 2.75) is 18.8 Å². The van der Waals surface area contributed by atoms with E-state index < -0.39 is 0 Å². The van der Waals surface area contributed by atoms with Gasteiger partial charge >= 0.3 is 0 Å². The molecule has 3 rings (SSSR count). The van der Waals surface area contributed by atoms with Gasteiger partial charge in [-0.3, -0.25) is 4.98 Å². The maximum absolute atomic E-state index is 6.03. The van der Waals surface area contributed by atoms with E-state index in [1.165, 1.54) is 0 Å². The van der Waals surface area contributed by atoms with Crippen molar-refractivity contribution in [3.05, 3.63) is 36.3 Å². The molecule has 0 atom stereocenters. The van der Waals surface area contributed by atoms with Gasteiger partial charge in [-0.2, -0.15) is 0 Å². The van der Waals surface area contributed by atoms with Crippen LogP contribution in [0.3, 0.4) is 0 Å². The monoisotopic (exact) mass is 289 g/mol. The highest BCUT2D eigenvalue weighted by Gasteiger charge is 2.13. The van der Waals surface area contributed by atoms with Gasteiger partial charge in [0.25, 0.3) is 0 Å². The van der Waals surface area contributed by atoms with E-state index in [9.17, 15) is 0 Å². The molecule has 0 saturated carbocycles. The number of hydrogen-bond acceptors (Lipinski definition) is 3. The summed E-state index contributed by atoms with van der Waals surface area (Å²) in [5.74, 6) is 1.28. The lowest BCUT2D eigenvalue weighted by atomic mass is 10.2. The Bertz CT molecular complexity index is 738. The molecule has 0 aliphatic carbocycles. The molecule has 0 fully saturated rings. The minimum Gasteiger partial charge on any atom is -0.385 e. The van der Waals surface area contributed by atoms with Crippen LogP contribution in [0.4, 0.5) is 0 Å². The van der Waals surface area contributed by atoms with Gasteiger partial charge in [0.1, 0.15) is 11.3 Å². The molecule has 5 heteroatoms. The van der Waals surface area contributed by atoms with E-state index in [-0.39, 0.29) is 0 Å². The number of methoxy groups -OCH3 is 1. The molecular formula is C15H16ClN3O. The molecule has 2 heterocycles. The molecular weight excluding hydrogens is 274 g/mol. The Labute approximate surface area is 122 Å². The lowest BCUT2D eigenvalue weighted by Gasteiger charge is -2.08. The first-order valence-electron chi connectivity index (χ1n) is 6.63. The molecule has 0 unspecified atom stereocenters.